The van der Waals surface area contributed by atoms with Crippen molar-refractivity contribution < 1.29 is 9.53 Å². The fourth-order valence-corrected chi connectivity index (χ4v) is 3.49. The van der Waals surface area contributed by atoms with Crippen molar-refractivity contribution in [2.75, 3.05) is 50.1 Å². The third-order valence-electron chi connectivity index (χ3n) is 4.87. The number of aryl methyl sites for hydroxylation is 1. The van der Waals surface area contributed by atoms with Crippen LogP contribution in [0.1, 0.15) is 18.1 Å². The molecule has 1 aliphatic heterocycles. The number of rotatable bonds is 7. The number of anilines is 2. The van der Waals surface area contributed by atoms with Gasteiger partial charge in [-0.1, -0.05) is 43.3 Å². The number of amides is 1. The predicted octanol–water partition coefficient (Wildman–Crippen LogP) is 3.16. The van der Waals surface area contributed by atoms with E-state index in [1.165, 1.54) is 11.3 Å². The number of hydrogen-bond acceptors (Lipinski definition) is 4. The van der Waals surface area contributed by atoms with Crippen LogP contribution in [0.2, 0.25) is 0 Å². The summed E-state index contributed by atoms with van der Waals surface area (Å²) in [5, 5.41) is 3.05. The lowest BCUT2D eigenvalue weighted by molar-refractivity contribution is -0.117. The maximum absolute atomic E-state index is 12.5. The van der Waals surface area contributed by atoms with E-state index >= 15 is 0 Å². The Morgan fingerprint density at radius 2 is 1.74 bits per heavy atom. The summed E-state index contributed by atoms with van der Waals surface area (Å²) in [5.41, 5.74) is 4.55. The van der Waals surface area contributed by atoms with Crippen LogP contribution < -0.4 is 10.2 Å². The Balaban J connectivity index is 1.60. The van der Waals surface area contributed by atoms with Crippen molar-refractivity contribution in [3.05, 3.63) is 59.7 Å². The van der Waals surface area contributed by atoms with Gasteiger partial charge in [0.15, 0.2) is 0 Å². The number of morpholine rings is 1. The molecular weight excluding hydrogens is 338 g/mol. The summed E-state index contributed by atoms with van der Waals surface area (Å²) in [4.78, 5) is 16.9. The molecule has 1 fully saturated rings. The van der Waals surface area contributed by atoms with Gasteiger partial charge >= 0.3 is 0 Å². The first kappa shape index (κ1) is 19.4. The lowest BCUT2D eigenvalue weighted by atomic mass is 10.1. The average Bonchev–Trinajstić information content (AvgIpc) is 2.69. The summed E-state index contributed by atoms with van der Waals surface area (Å²) >= 11 is 0. The first-order chi connectivity index (χ1) is 13.2. The highest BCUT2D eigenvalue weighted by molar-refractivity contribution is 5.93. The standard InChI is InChI=1S/C22H29N3O2/c1-3-18-8-4-6-10-20(18)23-22(26)17-24(2)16-19-9-5-7-11-21(19)25-12-14-27-15-13-25/h4-11H,3,12-17H2,1-2H3,(H,23,26). The van der Waals surface area contributed by atoms with E-state index in [4.69, 9.17) is 4.74 Å². The molecule has 0 saturated carbocycles. The number of hydrogen-bond donors (Lipinski definition) is 1. The zero-order chi connectivity index (χ0) is 19.1. The van der Waals surface area contributed by atoms with Crippen LogP contribution in [0.5, 0.6) is 0 Å². The summed E-state index contributed by atoms with van der Waals surface area (Å²) in [6.07, 6.45) is 0.902. The Morgan fingerprint density at radius 3 is 2.48 bits per heavy atom. The molecule has 1 saturated heterocycles. The molecule has 2 aromatic rings. The molecule has 27 heavy (non-hydrogen) atoms. The molecule has 3 rings (SSSR count). The van der Waals surface area contributed by atoms with Gasteiger partial charge in [-0.15, -0.1) is 0 Å². The molecule has 144 valence electrons. The highest BCUT2D eigenvalue weighted by atomic mass is 16.5. The van der Waals surface area contributed by atoms with E-state index in [-0.39, 0.29) is 5.91 Å². The maximum atomic E-state index is 12.5. The summed E-state index contributed by atoms with van der Waals surface area (Å²) in [5.74, 6) is 0.0160. The summed E-state index contributed by atoms with van der Waals surface area (Å²) < 4.78 is 5.47. The van der Waals surface area contributed by atoms with Gasteiger partial charge in [0, 0.05) is 31.0 Å². The van der Waals surface area contributed by atoms with Crippen LogP contribution in [0, 0.1) is 0 Å². The number of likely N-dealkylation sites (N-methyl/N-ethyl adjacent to an activating group) is 1. The third-order valence-corrected chi connectivity index (χ3v) is 4.87. The quantitative estimate of drug-likeness (QED) is 0.817. The molecule has 5 heteroatoms. The highest BCUT2D eigenvalue weighted by Gasteiger charge is 2.16. The molecule has 5 nitrogen and oxygen atoms in total. The van der Waals surface area contributed by atoms with Gasteiger partial charge in [-0.25, -0.2) is 0 Å². The second-order valence-corrected chi connectivity index (χ2v) is 6.96. The normalized spacial score (nSPS) is 14.4. The van der Waals surface area contributed by atoms with E-state index < -0.39 is 0 Å². The number of benzene rings is 2. The highest BCUT2D eigenvalue weighted by Crippen LogP contribution is 2.22. The monoisotopic (exact) mass is 367 g/mol. The average molecular weight is 367 g/mol. The van der Waals surface area contributed by atoms with Gasteiger partial charge in [-0.2, -0.15) is 0 Å². The minimum atomic E-state index is 0.0160. The van der Waals surface area contributed by atoms with Crippen molar-refractivity contribution in [3.8, 4) is 0 Å². The minimum Gasteiger partial charge on any atom is -0.378 e. The van der Waals surface area contributed by atoms with Crippen molar-refractivity contribution >= 4 is 17.3 Å². The Hall–Kier alpha value is -2.37. The molecule has 2 aromatic carbocycles. The third kappa shape index (κ3) is 5.31. The molecule has 1 N–H and O–H groups in total. The van der Waals surface area contributed by atoms with E-state index in [1.54, 1.807) is 0 Å². The zero-order valence-electron chi connectivity index (χ0n) is 16.3. The second kappa shape index (κ2) is 9.53. The van der Waals surface area contributed by atoms with Gasteiger partial charge in [0.25, 0.3) is 0 Å². The molecule has 0 bridgehead atoms. The van der Waals surface area contributed by atoms with Gasteiger partial charge in [-0.3, -0.25) is 9.69 Å². The van der Waals surface area contributed by atoms with Crippen LogP contribution in [0.3, 0.4) is 0 Å². The largest absolute Gasteiger partial charge is 0.378 e. The van der Waals surface area contributed by atoms with Crippen LogP contribution in [0.25, 0.3) is 0 Å². The fraction of sp³-hybridized carbons (Fsp3) is 0.409. The van der Waals surface area contributed by atoms with Gasteiger partial charge < -0.3 is 15.0 Å². The molecule has 0 aliphatic carbocycles. The Labute approximate surface area is 161 Å². The van der Waals surface area contributed by atoms with Crippen LogP contribution in [-0.4, -0.2) is 50.7 Å². The topological polar surface area (TPSA) is 44.8 Å². The van der Waals surface area contributed by atoms with Crippen molar-refractivity contribution in [3.63, 3.8) is 0 Å². The van der Waals surface area contributed by atoms with Gasteiger partial charge in [0.1, 0.15) is 0 Å². The molecular formula is C22H29N3O2. The second-order valence-electron chi connectivity index (χ2n) is 6.96. The Morgan fingerprint density at radius 1 is 1.07 bits per heavy atom. The van der Waals surface area contributed by atoms with E-state index in [1.807, 2.05) is 25.2 Å². The van der Waals surface area contributed by atoms with Crippen molar-refractivity contribution in [1.29, 1.82) is 0 Å². The Kier molecular flexibility index (Phi) is 6.85. The molecule has 1 aliphatic rings. The van der Waals surface area contributed by atoms with Crippen LogP contribution in [-0.2, 0) is 22.5 Å². The van der Waals surface area contributed by atoms with Gasteiger partial charge in [-0.05, 0) is 36.7 Å². The molecule has 0 unspecified atom stereocenters. The van der Waals surface area contributed by atoms with Crippen molar-refractivity contribution in [2.24, 2.45) is 0 Å². The van der Waals surface area contributed by atoms with Crippen LogP contribution in [0.15, 0.2) is 48.5 Å². The van der Waals surface area contributed by atoms with Crippen LogP contribution >= 0.6 is 0 Å². The molecule has 0 radical (unpaired) electrons. The molecule has 0 aromatic heterocycles. The van der Waals surface area contributed by atoms with Gasteiger partial charge in [0.2, 0.25) is 5.91 Å². The first-order valence-corrected chi connectivity index (χ1v) is 9.64. The number of carbonyl (C=O) groups is 1. The first-order valence-electron chi connectivity index (χ1n) is 9.64. The number of nitrogens with zero attached hydrogens (tertiary/aromatic N) is 2. The molecule has 1 amide bonds. The summed E-state index contributed by atoms with van der Waals surface area (Å²) in [6, 6.07) is 16.4. The maximum Gasteiger partial charge on any atom is 0.238 e. The predicted molar refractivity (Wildman–Crippen MR) is 110 cm³/mol. The lowest BCUT2D eigenvalue weighted by Gasteiger charge is -2.31. The van der Waals surface area contributed by atoms with E-state index in [2.05, 4.69) is 52.4 Å². The summed E-state index contributed by atoms with van der Waals surface area (Å²) in [6.45, 7) is 6.54. The number of carbonyl (C=O) groups excluding carboxylic acids is 1. The van der Waals surface area contributed by atoms with E-state index in [9.17, 15) is 4.79 Å². The van der Waals surface area contributed by atoms with Crippen LogP contribution in [0.4, 0.5) is 11.4 Å². The van der Waals surface area contributed by atoms with E-state index in [0.717, 1.165) is 50.5 Å². The molecule has 0 atom stereocenters. The lowest BCUT2D eigenvalue weighted by Crippen LogP contribution is -2.37. The number of nitrogens with one attached hydrogen (secondary N) is 1. The van der Waals surface area contributed by atoms with Crippen molar-refractivity contribution in [2.45, 2.75) is 19.9 Å². The fourth-order valence-electron chi connectivity index (χ4n) is 3.49. The van der Waals surface area contributed by atoms with Gasteiger partial charge in [0.05, 0.1) is 19.8 Å². The summed E-state index contributed by atoms with van der Waals surface area (Å²) in [7, 11) is 1.99. The van der Waals surface area contributed by atoms with E-state index in [0.29, 0.717) is 6.54 Å². The smallest absolute Gasteiger partial charge is 0.238 e. The number of para-hydroxylation sites is 2. The molecule has 1 heterocycles. The SMILES string of the molecule is CCc1ccccc1NC(=O)CN(C)Cc1ccccc1N1CCOCC1. The zero-order valence-corrected chi connectivity index (χ0v) is 16.3. The molecule has 0 spiro atoms. The number of ether oxygens (including phenoxy) is 1. The minimum absolute atomic E-state index is 0.0160. The Bertz CT molecular complexity index is 757. The van der Waals surface area contributed by atoms with Crippen molar-refractivity contribution in [1.82, 2.24) is 4.90 Å².